The maximum Gasteiger partial charge on any atom is 0.253 e. The summed E-state index contributed by atoms with van der Waals surface area (Å²) in [5.74, 6) is 2.75. The summed E-state index contributed by atoms with van der Waals surface area (Å²) in [6.07, 6.45) is 11.6. The number of ether oxygens (including phenoxy) is 2. The van der Waals surface area contributed by atoms with Crippen LogP contribution in [0.15, 0.2) is 73.1 Å². The highest BCUT2D eigenvalue weighted by atomic mass is 16.5. The number of aromatic nitrogens is 1. The van der Waals surface area contributed by atoms with E-state index < -0.39 is 0 Å². The van der Waals surface area contributed by atoms with Crippen molar-refractivity contribution in [1.82, 2.24) is 10.3 Å². The first kappa shape index (κ1) is 23.1. The summed E-state index contributed by atoms with van der Waals surface area (Å²) >= 11 is 0. The number of carbonyl (C=O) groups is 2. The van der Waals surface area contributed by atoms with E-state index in [-0.39, 0.29) is 18.4 Å². The predicted octanol–water partition coefficient (Wildman–Crippen LogP) is 3.68. The van der Waals surface area contributed by atoms with Crippen LogP contribution in [0, 0.1) is 12.3 Å². The summed E-state index contributed by atoms with van der Waals surface area (Å²) in [5, 5.41) is 5.60. The highest BCUT2D eigenvalue weighted by Gasteiger charge is 2.12. The Hall–Kier alpha value is -4.57. The number of para-hydroxylation sites is 1. The van der Waals surface area contributed by atoms with Crippen LogP contribution in [-0.4, -0.2) is 30.5 Å². The molecule has 7 heteroatoms. The van der Waals surface area contributed by atoms with E-state index in [1.54, 1.807) is 60.9 Å². The Kier molecular flexibility index (Phi) is 8.21. The third-order valence-corrected chi connectivity index (χ3v) is 4.56. The van der Waals surface area contributed by atoms with Crippen molar-refractivity contribution in [3.05, 3.63) is 89.8 Å². The minimum atomic E-state index is -0.379. The van der Waals surface area contributed by atoms with Gasteiger partial charge in [0.05, 0.1) is 18.4 Å². The molecule has 2 amide bonds. The molecule has 1 aromatic heterocycles. The maximum absolute atomic E-state index is 12.6. The van der Waals surface area contributed by atoms with E-state index in [4.69, 9.17) is 15.9 Å². The standard InChI is InChI=1S/C26H23N3O4/c1-3-16-33-23-10-8-19(17-24(23)32-2)9-11-25(30)29-22-7-5-4-6-21(22)26(31)28-18-20-12-14-27-15-13-20/h1,4-15,17H,16,18H2,2H3,(H,28,31)(H,29,30). The van der Waals surface area contributed by atoms with Gasteiger partial charge in [-0.05, 0) is 53.6 Å². The molecule has 0 spiro atoms. The van der Waals surface area contributed by atoms with Crippen molar-refractivity contribution >= 4 is 23.6 Å². The number of terminal acetylenes is 1. The van der Waals surface area contributed by atoms with E-state index in [0.717, 1.165) is 11.1 Å². The van der Waals surface area contributed by atoms with Crippen molar-refractivity contribution in [1.29, 1.82) is 0 Å². The van der Waals surface area contributed by atoms with Crippen molar-refractivity contribution < 1.29 is 19.1 Å². The van der Waals surface area contributed by atoms with E-state index in [0.29, 0.717) is 29.3 Å². The Labute approximate surface area is 192 Å². The van der Waals surface area contributed by atoms with Crippen LogP contribution in [0.25, 0.3) is 6.08 Å². The average Bonchev–Trinajstić information content (AvgIpc) is 2.86. The molecular weight excluding hydrogens is 418 g/mol. The van der Waals surface area contributed by atoms with Gasteiger partial charge in [-0.2, -0.15) is 0 Å². The average molecular weight is 441 g/mol. The molecule has 0 bridgehead atoms. The number of benzene rings is 2. The Morgan fingerprint density at radius 2 is 1.88 bits per heavy atom. The zero-order valence-corrected chi connectivity index (χ0v) is 18.1. The van der Waals surface area contributed by atoms with Crippen LogP contribution < -0.4 is 20.1 Å². The molecule has 1 heterocycles. The van der Waals surface area contributed by atoms with Crippen molar-refractivity contribution in [3.63, 3.8) is 0 Å². The zero-order valence-electron chi connectivity index (χ0n) is 18.1. The SMILES string of the molecule is C#CCOc1ccc(C=CC(=O)Nc2ccccc2C(=O)NCc2ccncc2)cc1OC. The van der Waals surface area contributed by atoms with E-state index in [2.05, 4.69) is 21.5 Å². The van der Waals surface area contributed by atoms with Crippen LogP contribution in [0.1, 0.15) is 21.5 Å². The van der Waals surface area contributed by atoms with Gasteiger partial charge in [0.2, 0.25) is 5.91 Å². The van der Waals surface area contributed by atoms with Crippen molar-refractivity contribution in [2.45, 2.75) is 6.54 Å². The van der Waals surface area contributed by atoms with Gasteiger partial charge in [-0.3, -0.25) is 14.6 Å². The fraction of sp³-hybridized carbons (Fsp3) is 0.115. The molecule has 0 atom stereocenters. The molecule has 2 aromatic carbocycles. The molecule has 0 aliphatic carbocycles. The summed E-state index contributed by atoms with van der Waals surface area (Å²) in [6, 6.07) is 15.7. The lowest BCUT2D eigenvalue weighted by Crippen LogP contribution is -2.24. The summed E-state index contributed by atoms with van der Waals surface area (Å²) < 4.78 is 10.7. The first-order chi connectivity index (χ1) is 16.1. The van der Waals surface area contributed by atoms with Crippen molar-refractivity contribution in [2.75, 3.05) is 19.0 Å². The number of rotatable bonds is 9. The largest absolute Gasteiger partial charge is 0.493 e. The second-order valence-electron chi connectivity index (χ2n) is 6.81. The number of hydrogen-bond donors (Lipinski definition) is 2. The van der Waals surface area contributed by atoms with Gasteiger partial charge in [0.15, 0.2) is 11.5 Å². The topological polar surface area (TPSA) is 89.5 Å². The fourth-order valence-corrected chi connectivity index (χ4v) is 2.94. The Bertz CT molecular complexity index is 1180. The predicted molar refractivity (Wildman–Crippen MR) is 127 cm³/mol. The fourth-order valence-electron chi connectivity index (χ4n) is 2.94. The lowest BCUT2D eigenvalue weighted by Gasteiger charge is -2.11. The molecule has 7 nitrogen and oxygen atoms in total. The molecule has 0 aliphatic rings. The third kappa shape index (κ3) is 6.71. The normalized spacial score (nSPS) is 10.3. The molecule has 3 rings (SSSR count). The van der Waals surface area contributed by atoms with Crippen LogP contribution in [0.5, 0.6) is 11.5 Å². The van der Waals surface area contributed by atoms with Gasteiger partial charge >= 0.3 is 0 Å². The van der Waals surface area contributed by atoms with E-state index in [9.17, 15) is 9.59 Å². The summed E-state index contributed by atoms with van der Waals surface area (Å²) in [7, 11) is 1.52. The number of nitrogens with zero attached hydrogens (tertiary/aromatic N) is 1. The van der Waals surface area contributed by atoms with E-state index in [1.165, 1.54) is 13.2 Å². The second-order valence-corrected chi connectivity index (χ2v) is 6.81. The summed E-state index contributed by atoms with van der Waals surface area (Å²) in [6.45, 7) is 0.482. The molecule has 166 valence electrons. The van der Waals surface area contributed by atoms with Gasteiger partial charge in [0.1, 0.15) is 6.61 Å². The van der Waals surface area contributed by atoms with Crippen molar-refractivity contribution in [2.24, 2.45) is 0 Å². The lowest BCUT2D eigenvalue weighted by molar-refractivity contribution is -0.111. The molecule has 0 radical (unpaired) electrons. The van der Waals surface area contributed by atoms with Crippen LogP contribution in [0.2, 0.25) is 0 Å². The van der Waals surface area contributed by atoms with Gasteiger partial charge in [-0.25, -0.2) is 0 Å². The number of anilines is 1. The number of hydrogen-bond acceptors (Lipinski definition) is 5. The highest BCUT2D eigenvalue weighted by Crippen LogP contribution is 2.28. The Morgan fingerprint density at radius 1 is 1.09 bits per heavy atom. The minimum Gasteiger partial charge on any atom is -0.493 e. The summed E-state index contributed by atoms with van der Waals surface area (Å²) in [5.41, 5.74) is 2.44. The van der Waals surface area contributed by atoms with E-state index >= 15 is 0 Å². The molecule has 0 fully saturated rings. The Morgan fingerprint density at radius 3 is 2.64 bits per heavy atom. The monoisotopic (exact) mass is 441 g/mol. The van der Waals surface area contributed by atoms with Gasteiger partial charge in [-0.1, -0.05) is 24.1 Å². The molecular formula is C26H23N3O4. The quantitative estimate of drug-likeness (QED) is 0.391. The van der Waals surface area contributed by atoms with Gasteiger partial charge < -0.3 is 20.1 Å². The molecule has 3 aromatic rings. The molecule has 0 saturated carbocycles. The number of nitrogens with one attached hydrogen (secondary N) is 2. The van der Waals surface area contributed by atoms with Crippen LogP contribution in [-0.2, 0) is 11.3 Å². The zero-order chi connectivity index (χ0) is 23.5. The molecule has 0 unspecified atom stereocenters. The smallest absolute Gasteiger partial charge is 0.253 e. The van der Waals surface area contributed by atoms with Gasteiger partial charge in [0.25, 0.3) is 5.91 Å². The molecule has 0 saturated heterocycles. The molecule has 2 N–H and O–H groups in total. The highest BCUT2D eigenvalue weighted by molar-refractivity contribution is 6.07. The van der Waals surface area contributed by atoms with Crippen LogP contribution in [0.3, 0.4) is 0 Å². The molecule has 33 heavy (non-hydrogen) atoms. The number of carbonyl (C=O) groups excluding carboxylic acids is 2. The maximum atomic E-state index is 12.6. The lowest BCUT2D eigenvalue weighted by atomic mass is 10.1. The van der Waals surface area contributed by atoms with Crippen molar-refractivity contribution in [3.8, 4) is 23.8 Å². The first-order valence-corrected chi connectivity index (χ1v) is 10.1. The van der Waals surface area contributed by atoms with Gasteiger partial charge in [-0.15, -0.1) is 6.42 Å². The first-order valence-electron chi connectivity index (χ1n) is 10.1. The van der Waals surface area contributed by atoms with Gasteiger partial charge in [0, 0.05) is 25.0 Å². The minimum absolute atomic E-state index is 0.128. The number of amides is 2. The molecule has 0 aliphatic heterocycles. The van der Waals surface area contributed by atoms with Crippen LogP contribution in [0.4, 0.5) is 5.69 Å². The Balaban J connectivity index is 1.65. The number of methoxy groups -OCH3 is 1. The third-order valence-electron chi connectivity index (χ3n) is 4.56. The summed E-state index contributed by atoms with van der Waals surface area (Å²) in [4.78, 5) is 29.1. The van der Waals surface area contributed by atoms with Crippen LogP contribution >= 0.6 is 0 Å². The van der Waals surface area contributed by atoms with E-state index in [1.807, 2.05) is 12.1 Å². The number of pyridine rings is 1. The second kappa shape index (κ2) is 11.7.